The van der Waals surface area contributed by atoms with Gasteiger partial charge in [0.15, 0.2) is 0 Å². The molecule has 1 heterocycles. The standard InChI is InChI=1S/C13H29N3O/c1-13(2,3)16-8-6-15(7-9-16)11-12(14)5-10-17-4/h12H,5-11,14H2,1-4H3. The van der Waals surface area contributed by atoms with Crippen LogP contribution in [0.5, 0.6) is 0 Å². The van der Waals surface area contributed by atoms with Crippen LogP contribution in [0.25, 0.3) is 0 Å². The number of nitrogens with zero attached hydrogens (tertiary/aromatic N) is 2. The molecule has 1 unspecified atom stereocenters. The molecule has 1 saturated heterocycles. The van der Waals surface area contributed by atoms with Crippen LogP contribution in [0, 0.1) is 0 Å². The van der Waals surface area contributed by atoms with Gasteiger partial charge >= 0.3 is 0 Å². The summed E-state index contributed by atoms with van der Waals surface area (Å²) in [5.41, 5.74) is 6.37. The second kappa shape index (κ2) is 6.69. The molecule has 1 rings (SSSR count). The average Bonchev–Trinajstić information content (AvgIpc) is 2.26. The molecule has 17 heavy (non-hydrogen) atoms. The highest BCUT2D eigenvalue weighted by atomic mass is 16.5. The van der Waals surface area contributed by atoms with Crippen molar-refractivity contribution in [1.29, 1.82) is 0 Å². The number of rotatable bonds is 5. The first kappa shape index (κ1) is 14.9. The molecule has 1 fully saturated rings. The second-order valence-electron chi connectivity index (χ2n) is 6.00. The van der Waals surface area contributed by atoms with Crippen molar-refractivity contribution in [2.45, 2.75) is 38.8 Å². The zero-order valence-electron chi connectivity index (χ0n) is 11.9. The molecule has 0 aliphatic carbocycles. The van der Waals surface area contributed by atoms with Gasteiger partial charge in [-0.15, -0.1) is 0 Å². The molecular weight excluding hydrogens is 214 g/mol. The van der Waals surface area contributed by atoms with Crippen LogP contribution in [0.15, 0.2) is 0 Å². The molecule has 0 aromatic heterocycles. The Kier molecular flexibility index (Phi) is 5.86. The second-order valence-corrected chi connectivity index (χ2v) is 6.00. The van der Waals surface area contributed by atoms with E-state index in [0.717, 1.165) is 45.8 Å². The summed E-state index contributed by atoms with van der Waals surface area (Å²) in [7, 11) is 1.73. The highest BCUT2D eigenvalue weighted by molar-refractivity contribution is 4.83. The minimum Gasteiger partial charge on any atom is -0.385 e. The lowest BCUT2D eigenvalue weighted by molar-refractivity contribution is 0.0580. The largest absolute Gasteiger partial charge is 0.385 e. The van der Waals surface area contributed by atoms with E-state index in [1.54, 1.807) is 7.11 Å². The van der Waals surface area contributed by atoms with Gasteiger partial charge in [-0.25, -0.2) is 0 Å². The van der Waals surface area contributed by atoms with Crippen molar-refractivity contribution in [3.63, 3.8) is 0 Å². The van der Waals surface area contributed by atoms with E-state index >= 15 is 0 Å². The molecule has 4 nitrogen and oxygen atoms in total. The lowest BCUT2D eigenvalue weighted by atomic mass is 10.0. The van der Waals surface area contributed by atoms with E-state index in [-0.39, 0.29) is 6.04 Å². The molecule has 0 aromatic rings. The van der Waals surface area contributed by atoms with E-state index in [0.29, 0.717) is 5.54 Å². The van der Waals surface area contributed by atoms with E-state index in [1.807, 2.05) is 0 Å². The Labute approximate surface area is 106 Å². The first-order chi connectivity index (χ1) is 7.93. The lowest BCUT2D eigenvalue weighted by Crippen LogP contribution is -2.55. The van der Waals surface area contributed by atoms with Crippen molar-refractivity contribution in [2.24, 2.45) is 5.73 Å². The average molecular weight is 243 g/mol. The van der Waals surface area contributed by atoms with E-state index in [1.165, 1.54) is 0 Å². The van der Waals surface area contributed by atoms with Crippen molar-refractivity contribution in [3.8, 4) is 0 Å². The zero-order valence-corrected chi connectivity index (χ0v) is 11.9. The lowest BCUT2D eigenvalue weighted by Gasteiger charge is -2.42. The van der Waals surface area contributed by atoms with Gasteiger partial charge in [-0.1, -0.05) is 0 Å². The maximum Gasteiger partial charge on any atom is 0.0477 e. The molecule has 1 aliphatic rings. The van der Waals surface area contributed by atoms with E-state index in [4.69, 9.17) is 10.5 Å². The number of hydrogen-bond donors (Lipinski definition) is 1. The van der Waals surface area contributed by atoms with Gasteiger partial charge in [0.05, 0.1) is 0 Å². The molecule has 0 bridgehead atoms. The Hall–Kier alpha value is -0.160. The van der Waals surface area contributed by atoms with Crippen LogP contribution in [-0.4, -0.2) is 67.8 Å². The van der Waals surface area contributed by atoms with Crippen LogP contribution < -0.4 is 5.73 Å². The Bertz CT molecular complexity index is 207. The third-order valence-corrected chi connectivity index (χ3v) is 3.51. The van der Waals surface area contributed by atoms with Gasteiger partial charge in [-0.3, -0.25) is 9.80 Å². The van der Waals surface area contributed by atoms with Gasteiger partial charge in [-0.2, -0.15) is 0 Å². The first-order valence-corrected chi connectivity index (χ1v) is 6.65. The summed E-state index contributed by atoms with van der Waals surface area (Å²) in [6.07, 6.45) is 0.954. The smallest absolute Gasteiger partial charge is 0.0477 e. The predicted molar refractivity (Wildman–Crippen MR) is 72.2 cm³/mol. The van der Waals surface area contributed by atoms with Gasteiger partial charge in [0.1, 0.15) is 0 Å². The van der Waals surface area contributed by atoms with Gasteiger partial charge in [0, 0.05) is 58.0 Å². The molecule has 102 valence electrons. The van der Waals surface area contributed by atoms with Crippen molar-refractivity contribution >= 4 is 0 Å². The van der Waals surface area contributed by atoms with Crippen LogP contribution in [-0.2, 0) is 4.74 Å². The summed E-state index contributed by atoms with van der Waals surface area (Å²) in [4.78, 5) is 5.02. The van der Waals surface area contributed by atoms with Crippen LogP contribution in [0.2, 0.25) is 0 Å². The van der Waals surface area contributed by atoms with Crippen LogP contribution in [0.1, 0.15) is 27.2 Å². The fourth-order valence-electron chi connectivity index (χ4n) is 2.29. The third-order valence-electron chi connectivity index (χ3n) is 3.51. The fourth-order valence-corrected chi connectivity index (χ4v) is 2.29. The topological polar surface area (TPSA) is 41.7 Å². The Morgan fingerprint density at radius 3 is 2.24 bits per heavy atom. The molecule has 0 spiro atoms. The van der Waals surface area contributed by atoms with Crippen molar-refractivity contribution < 1.29 is 4.74 Å². The summed E-state index contributed by atoms with van der Waals surface area (Å²) in [6.45, 7) is 13.2. The molecule has 4 heteroatoms. The van der Waals surface area contributed by atoms with Gasteiger partial charge in [0.2, 0.25) is 0 Å². The van der Waals surface area contributed by atoms with E-state index < -0.39 is 0 Å². The van der Waals surface area contributed by atoms with E-state index in [2.05, 4.69) is 30.6 Å². The molecule has 0 amide bonds. The van der Waals surface area contributed by atoms with Gasteiger partial charge in [-0.05, 0) is 27.2 Å². The predicted octanol–water partition coefficient (Wildman–Crippen LogP) is 0.766. The Balaban J connectivity index is 2.23. The summed E-state index contributed by atoms with van der Waals surface area (Å²) < 4.78 is 5.06. The molecular formula is C13H29N3O. The summed E-state index contributed by atoms with van der Waals surface area (Å²) in [5.74, 6) is 0. The maximum atomic E-state index is 6.08. The number of nitrogens with two attached hydrogens (primary N) is 1. The minimum atomic E-state index is 0.246. The van der Waals surface area contributed by atoms with Crippen molar-refractivity contribution in [2.75, 3.05) is 46.4 Å². The zero-order chi connectivity index (χ0) is 12.9. The van der Waals surface area contributed by atoms with Gasteiger partial charge in [0.25, 0.3) is 0 Å². The van der Waals surface area contributed by atoms with Crippen molar-refractivity contribution in [1.82, 2.24) is 9.80 Å². The molecule has 0 radical (unpaired) electrons. The highest BCUT2D eigenvalue weighted by Gasteiger charge is 2.26. The Morgan fingerprint density at radius 2 is 1.76 bits per heavy atom. The number of hydrogen-bond acceptors (Lipinski definition) is 4. The van der Waals surface area contributed by atoms with Crippen LogP contribution in [0.3, 0.4) is 0 Å². The quantitative estimate of drug-likeness (QED) is 0.774. The molecule has 1 atom stereocenters. The highest BCUT2D eigenvalue weighted by Crippen LogP contribution is 2.15. The monoisotopic (exact) mass is 243 g/mol. The molecule has 0 aromatic carbocycles. The summed E-state index contributed by atoms with van der Waals surface area (Å²) in [5, 5.41) is 0. The van der Waals surface area contributed by atoms with Crippen LogP contribution in [0.4, 0.5) is 0 Å². The normalized spacial score (nSPS) is 21.7. The SMILES string of the molecule is COCCC(N)CN1CCN(C(C)(C)C)CC1. The molecule has 0 saturated carbocycles. The number of methoxy groups -OCH3 is 1. The third kappa shape index (κ3) is 5.34. The maximum absolute atomic E-state index is 6.08. The number of ether oxygens (including phenoxy) is 1. The summed E-state index contributed by atoms with van der Waals surface area (Å²) >= 11 is 0. The molecule has 2 N–H and O–H groups in total. The molecule has 1 aliphatic heterocycles. The fraction of sp³-hybridized carbons (Fsp3) is 1.00. The van der Waals surface area contributed by atoms with Gasteiger partial charge < -0.3 is 10.5 Å². The van der Waals surface area contributed by atoms with Crippen LogP contribution >= 0.6 is 0 Å². The Morgan fingerprint density at radius 1 is 1.18 bits per heavy atom. The first-order valence-electron chi connectivity index (χ1n) is 6.65. The minimum absolute atomic E-state index is 0.246. The van der Waals surface area contributed by atoms with E-state index in [9.17, 15) is 0 Å². The number of piperazine rings is 1. The van der Waals surface area contributed by atoms with Crippen molar-refractivity contribution in [3.05, 3.63) is 0 Å². The summed E-state index contributed by atoms with van der Waals surface area (Å²) in [6, 6.07) is 0.246.